The first-order chi connectivity index (χ1) is 29.4. The summed E-state index contributed by atoms with van der Waals surface area (Å²) in [5.41, 5.74) is 0.311. The van der Waals surface area contributed by atoms with Crippen LogP contribution in [-0.4, -0.2) is 176 Å². The van der Waals surface area contributed by atoms with Crippen LogP contribution in [0.1, 0.15) is 98.8 Å². The van der Waals surface area contributed by atoms with Crippen LogP contribution >= 0.6 is 0 Å². The molecule has 27 unspecified atom stereocenters. The molecule has 0 radical (unpaired) electrons. The number of fused-ring (bicyclic) bond motifs is 7. The molecule has 9 N–H and O–H groups in total. The Balaban J connectivity index is 0.902. The van der Waals surface area contributed by atoms with Crippen molar-refractivity contribution in [2.75, 3.05) is 19.8 Å². The van der Waals surface area contributed by atoms with Gasteiger partial charge in [0.25, 0.3) is 0 Å². The minimum atomic E-state index is -1.81. The lowest BCUT2D eigenvalue weighted by atomic mass is 9.44. The fourth-order valence-electron chi connectivity index (χ4n) is 14.6. The van der Waals surface area contributed by atoms with Crippen LogP contribution in [0, 0.1) is 52.3 Å². The van der Waals surface area contributed by atoms with Crippen LogP contribution in [0.4, 0.5) is 0 Å². The Morgan fingerprint density at radius 3 is 1.94 bits per heavy atom. The van der Waals surface area contributed by atoms with E-state index in [0.717, 1.165) is 51.6 Å². The molecular weight excluding hydrogens is 812 g/mol. The lowest BCUT2D eigenvalue weighted by molar-refractivity contribution is -0.391. The van der Waals surface area contributed by atoms with Gasteiger partial charge in [0.2, 0.25) is 0 Å². The minimum Gasteiger partial charge on any atom is -0.394 e. The van der Waals surface area contributed by atoms with Gasteiger partial charge in [-0.25, -0.2) is 0 Å². The van der Waals surface area contributed by atoms with E-state index < -0.39 is 111 Å². The van der Waals surface area contributed by atoms with Crippen LogP contribution in [0.3, 0.4) is 0 Å². The lowest BCUT2D eigenvalue weighted by Gasteiger charge is -2.61. The highest BCUT2D eigenvalue weighted by molar-refractivity contribution is 5.15. The second kappa shape index (κ2) is 17.4. The molecule has 62 heavy (non-hydrogen) atoms. The predicted molar refractivity (Wildman–Crippen MR) is 214 cm³/mol. The monoisotopic (exact) mass is 886 g/mol. The Morgan fingerprint density at radius 2 is 1.24 bits per heavy atom. The molecule has 17 heteroatoms. The highest BCUT2D eigenvalue weighted by Crippen LogP contribution is 2.71. The topological polar surface area (TPSA) is 256 Å². The van der Waals surface area contributed by atoms with Gasteiger partial charge in [0.15, 0.2) is 24.7 Å². The van der Waals surface area contributed by atoms with Crippen molar-refractivity contribution in [1.82, 2.24) is 0 Å². The molecule has 5 saturated heterocycles. The summed E-state index contributed by atoms with van der Waals surface area (Å²) in [6.45, 7) is 10.6. The zero-order chi connectivity index (χ0) is 44.2. The zero-order valence-electron chi connectivity index (χ0n) is 36.8. The first-order valence-corrected chi connectivity index (χ1v) is 23.7. The SMILES string of the molecule is CC1CCC2(OC1)OC1CC3C4CCC5CC(OC6OC(CO)C(OC7OC(C)C(O)C(O)C7O)C(O)C6OC6OC(CO)C(O)C(O)C6O)CCC5(C)C4CCC3(C)C1C2C. The molecule has 0 aromatic rings. The molecule has 1 spiro atoms. The molecule has 4 aliphatic carbocycles. The Labute approximate surface area is 364 Å². The van der Waals surface area contributed by atoms with Gasteiger partial charge < -0.3 is 83.9 Å². The van der Waals surface area contributed by atoms with E-state index in [1.807, 2.05) is 0 Å². The predicted octanol–water partition coefficient (Wildman–Crippen LogP) is 0.294. The summed E-state index contributed by atoms with van der Waals surface area (Å²) in [6, 6.07) is 0. The Morgan fingerprint density at radius 1 is 0.581 bits per heavy atom. The fourth-order valence-corrected chi connectivity index (χ4v) is 14.6. The molecule has 0 aromatic carbocycles. The van der Waals surface area contributed by atoms with Crippen LogP contribution < -0.4 is 0 Å². The number of hydrogen-bond donors (Lipinski definition) is 9. The molecule has 0 bridgehead atoms. The molecule has 0 amide bonds. The van der Waals surface area contributed by atoms with Crippen molar-refractivity contribution in [1.29, 1.82) is 0 Å². The maximum Gasteiger partial charge on any atom is 0.187 e. The Kier molecular flexibility index (Phi) is 13.1. The Hall–Kier alpha value is -0.680. The molecule has 0 aromatic heterocycles. The molecule has 27 atom stereocenters. The fraction of sp³-hybridized carbons (Fsp3) is 1.00. The van der Waals surface area contributed by atoms with Crippen LogP contribution in [-0.2, 0) is 37.9 Å². The Bertz CT molecular complexity index is 1550. The summed E-state index contributed by atoms with van der Waals surface area (Å²) in [5, 5.41) is 95.9. The molecular formula is C45H74O17. The zero-order valence-corrected chi connectivity index (χ0v) is 36.8. The van der Waals surface area contributed by atoms with Gasteiger partial charge in [0, 0.05) is 12.3 Å². The van der Waals surface area contributed by atoms with Gasteiger partial charge >= 0.3 is 0 Å². The van der Waals surface area contributed by atoms with Gasteiger partial charge in [-0.2, -0.15) is 0 Å². The first-order valence-electron chi connectivity index (χ1n) is 23.7. The van der Waals surface area contributed by atoms with Crippen molar-refractivity contribution < 1.29 is 83.9 Å². The molecule has 356 valence electrons. The van der Waals surface area contributed by atoms with Crippen molar-refractivity contribution in [2.24, 2.45) is 52.3 Å². The van der Waals surface area contributed by atoms with Crippen LogP contribution in [0.15, 0.2) is 0 Å². The molecule has 9 aliphatic rings. The van der Waals surface area contributed by atoms with Crippen molar-refractivity contribution in [2.45, 2.75) is 209 Å². The van der Waals surface area contributed by atoms with Crippen molar-refractivity contribution in [3.63, 3.8) is 0 Å². The van der Waals surface area contributed by atoms with Crippen LogP contribution in [0.25, 0.3) is 0 Å². The van der Waals surface area contributed by atoms with E-state index in [-0.39, 0.29) is 23.0 Å². The van der Waals surface area contributed by atoms with E-state index in [1.54, 1.807) is 0 Å². The normalized spacial score (nSPS) is 58.9. The molecule has 9 rings (SSSR count). The third kappa shape index (κ3) is 7.56. The second-order valence-electron chi connectivity index (χ2n) is 21.5. The minimum absolute atomic E-state index is 0.0972. The van der Waals surface area contributed by atoms with Gasteiger partial charge in [-0.1, -0.05) is 27.7 Å². The lowest BCUT2D eigenvalue weighted by Crippen LogP contribution is -2.67. The number of ether oxygens (including phenoxy) is 8. The maximum absolute atomic E-state index is 12.0. The third-order valence-corrected chi connectivity index (χ3v) is 18.2. The maximum atomic E-state index is 12.0. The number of hydrogen-bond acceptors (Lipinski definition) is 17. The average molecular weight is 887 g/mol. The van der Waals surface area contributed by atoms with E-state index in [9.17, 15) is 46.0 Å². The number of aliphatic hydroxyl groups is 9. The van der Waals surface area contributed by atoms with E-state index in [1.165, 1.54) is 19.8 Å². The molecule has 9 fully saturated rings. The summed E-state index contributed by atoms with van der Waals surface area (Å²) >= 11 is 0. The van der Waals surface area contributed by atoms with Crippen molar-refractivity contribution in [3.8, 4) is 0 Å². The van der Waals surface area contributed by atoms with E-state index in [4.69, 9.17) is 37.9 Å². The quantitative estimate of drug-likeness (QED) is 0.149. The summed E-state index contributed by atoms with van der Waals surface area (Å²) in [6.07, 6.45) is -12.7. The van der Waals surface area contributed by atoms with Gasteiger partial charge in [0.05, 0.1) is 38.1 Å². The summed E-state index contributed by atoms with van der Waals surface area (Å²) in [4.78, 5) is 0. The molecule has 4 saturated carbocycles. The first kappa shape index (κ1) is 46.4. The number of aliphatic hydroxyl groups excluding tert-OH is 9. The van der Waals surface area contributed by atoms with E-state index in [0.29, 0.717) is 47.8 Å². The van der Waals surface area contributed by atoms with Crippen molar-refractivity contribution in [3.05, 3.63) is 0 Å². The highest BCUT2D eigenvalue weighted by atomic mass is 16.8. The van der Waals surface area contributed by atoms with Gasteiger partial charge in [0.1, 0.15) is 67.1 Å². The van der Waals surface area contributed by atoms with E-state index >= 15 is 0 Å². The van der Waals surface area contributed by atoms with Gasteiger partial charge in [-0.3, -0.25) is 0 Å². The summed E-state index contributed by atoms with van der Waals surface area (Å²) in [7, 11) is 0. The van der Waals surface area contributed by atoms with Crippen molar-refractivity contribution >= 4 is 0 Å². The molecule has 5 heterocycles. The van der Waals surface area contributed by atoms with Crippen LogP contribution in [0.2, 0.25) is 0 Å². The number of rotatable bonds is 8. The van der Waals surface area contributed by atoms with Gasteiger partial charge in [-0.15, -0.1) is 0 Å². The molecule has 5 aliphatic heterocycles. The summed E-state index contributed by atoms with van der Waals surface area (Å²) in [5.74, 6) is 3.15. The smallest absolute Gasteiger partial charge is 0.187 e. The van der Waals surface area contributed by atoms with Crippen LogP contribution in [0.5, 0.6) is 0 Å². The highest BCUT2D eigenvalue weighted by Gasteiger charge is 2.69. The van der Waals surface area contributed by atoms with Gasteiger partial charge in [-0.05, 0) is 111 Å². The second-order valence-corrected chi connectivity index (χ2v) is 21.5. The average Bonchev–Trinajstić information content (AvgIpc) is 3.70. The molecule has 17 nitrogen and oxygen atoms in total. The third-order valence-electron chi connectivity index (χ3n) is 18.2. The largest absolute Gasteiger partial charge is 0.394 e. The summed E-state index contributed by atoms with van der Waals surface area (Å²) < 4.78 is 50.0. The van der Waals surface area contributed by atoms with E-state index in [2.05, 4.69) is 27.7 Å². The standard InChI is InChI=1S/C45H74O17/c1-19-8-13-45(55-18-19)20(2)30-27(62-45)15-26-24-7-6-22-14-23(9-11-43(22,4)25(24)10-12-44(26,30)5)57-42-39(61-41-36(53)34(51)32(49)28(16-46)58-41)37(54)38(29(17-47)59-42)60-40-35(52)33(50)31(48)21(3)56-40/h19-42,46-54H,6-18H2,1-5H3.